The van der Waals surface area contributed by atoms with Crippen molar-refractivity contribution in [2.24, 2.45) is 0 Å². The van der Waals surface area contributed by atoms with Crippen LogP contribution in [0, 0.1) is 22.7 Å². The van der Waals surface area contributed by atoms with Crippen LogP contribution in [-0.2, 0) is 0 Å². The van der Waals surface area contributed by atoms with Gasteiger partial charge in [0.25, 0.3) is 0 Å². The number of aromatic nitrogens is 1. The molecule has 0 spiro atoms. The first-order valence-corrected chi connectivity index (χ1v) is 14.2. The van der Waals surface area contributed by atoms with Crippen LogP contribution in [0.15, 0.2) is 42.5 Å². The minimum Gasteiger partial charge on any atom is -0.493 e. The number of pyridine rings is 1. The summed E-state index contributed by atoms with van der Waals surface area (Å²) in [6, 6.07) is 16.5. The fraction of sp³-hybridized carbons (Fsp3) is 0.419. The van der Waals surface area contributed by atoms with Gasteiger partial charge in [0.15, 0.2) is 11.5 Å². The molecule has 1 N–H and O–H groups in total. The van der Waals surface area contributed by atoms with Crippen molar-refractivity contribution in [1.29, 1.82) is 10.5 Å². The van der Waals surface area contributed by atoms with Crippen molar-refractivity contribution in [3.05, 3.63) is 53.6 Å². The third-order valence-corrected chi connectivity index (χ3v) is 7.80. The van der Waals surface area contributed by atoms with E-state index in [-0.39, 0.29) is 6.03 Å². The van der Waals surface area contributed by atoms with Gasteiger partial charge in [-0.3, -0.25) is 0 Å². The summed E-state index contributed by atoms with van der Waals surface area (Å²) in [6.45, 7) is 7.98. The van der Waals surface area contributed by atoms with Gasteiger partial charge in [0, 0.05) is 76.0 Å². The van der Waals surface area contributed by atoms with E-state index < -0.39 is 0 Å². The summed E-state index contributed by atoms with van der Waals surface area (Å²) in [4.78, 5) is 26.3. The van der Waals surface area contributed by atoms with Crippen molar-refractivity contribution in [1.82, 2.24) is 19.7 Å². The molecule has 0 radical (unpaired) electrons. The number of hydrogen-bond donors (Lipinski definition) is 1. The Balaban J connectivity index is 1.23. The Morgan fingerprint density at radius 3 is 2.36 bits per heavy atom. The molecular weight excluding hydrogens is 532 g/mol. The van der Waals surface area contributed by atoms with Crippen molar-refractivity contribution in [3.63, 3.8) is 0 Å². The molecule has 2 aliphatic heterocycles. The molecular formula is C31H36N8O3. The van der Waals surface area contributed by atoms with Crippen LogP contribution in [0.1, 0.15) is 17.5 Å². The number of fused-ring (bicyclic) bond motifs is 1. The highest BCUT2D eigenvalue weighted by atomic mass is 16.5. The standard InChI is InChI=1S/C31H36N8O3/c1-36-9-11-37(12-10-36)8-3-17-42-29-20-27-24(19-28(29)41-2)18-25(22-33)30(35-27)38-13-15-39(16-14-38)31(40)34-26-6-4-23(21-32)5-7-26/h4-7,18-20H,3,8-17H2,1-2H3,(H,34,40). The number of methoxy groups -OCH3 is 1. The van der Waals surface area contributed by atoms with Gasteiger partial charge in [-0.15, -0.1) is 0 Å². The minimum absolute atomic E-state index is 0.201. The van der Waals surface area contributed by atoms with E-state index in [4.69, 9.17) is 19.7 Å². The highest BCUT2D eigenvalue weighted by molar-refractivity contribution is 5.90. The number of carbonyl (C=O) groups excluding carboxylic acids is 1. The van der Waals surface area contributed by atoms with Crippen molar-refractivity contribution in [2.75, 3.05) is 89.9 Å². The summed E-state index contributed by atoms with van der Waals surface area (Å²) in [5, 5.41) is 22.6. The summed E-state index contributed by atoms with van der Waals surface area (Å²) in [5.74, 6) is 1.85. The highest BCUT2D eigenvalue weighted by Crippen LogP contribution is 2.34. The van der Waals surface area contributed by atoms with Crippen LogP contribution >= 0.6 is 0 Å². The second kappa shape index (κ2) is 13.4. The number of nitrogens with zero attached hydrogens (tertiary/aromatic N) is 7. The van der Waals surface area contributed by atoms with Crippen LogP contribution in [0.5, 0.6) is 11.5 Å². The first-order valence-electron chi connectivity index (χ1n) is 14.2. The Morgan fingerprint density at radius 2 is 1.69 bits per heavy atom. The SMILES string of the molecule is COc1cc2cc(C#N)c(N3CCN(C(=O)Nc4ccc(C#N)cc4)CC3)nc2cc1OCCCN1CCN(C)CC1. The van der Waals surface area contributed by atoms with Crippen LogP contribution in [0.4, 0.5) is 16.3 Å². The van der Waals surface area contributed by atoms with Crippen LogP contribution < -0.4 is 19.7 Å². The van der Waals surface area contributed by atoms with E-state index in [9.17, 15) is 10.1 Å². The van der Waals surface area contributed by atoms with Gasteiger partial charge in [-0.05, 0) is 49.9 Å². The number of nitrogens with one attached hydrogen (secondary N) is 1. The third-order valence-electron chi connectivity index (χ3n) is 7.80. The van der Waals surface area contributed by atoms with Gasteiger partial charge in [-0.25, -0.2) is 9.78 Å². The molecule has 2 aromatic carbocycles. The number of rotatable bonds is 8. The molecule has 11 heteroatoms. The number of amides is 2. The fourth-order valence-corrected chi connectivity index (χ4v) is 5.26. The molecule has 0 atom stereocenters. The summed E-state index contributed by atoms with van der Waals surface area (Å²) >= 11 is 0. The molecule has 0 aliphatic carbocycles. The molecule has 2 fully saturated rings. The Morgan fingerprint density at radius 1 is 0.952 bits per heavy atom. The predicted molar refractivity (Wildman–Crippen MR) is 161 cm³/mol. The van der Waals surface area contributed by atoms with Crippen LogP contribution in [0.3, 0.4) is 0 Å². The average Bonchev–Trinajstić information content (AvgIpc) is 3.03. The topological polar surface area (TPSA) is 121 Å². The zero-order valence-electron chi connectivity index (χ0n) is 24.2. The summed E-state index contributed by atoms with van der Waals surface area (Å²) in [5.41, 5.74) is 2.37. The average molecular weight is 569 g/mol. The van der Waals surface area contributed by atoms with Crippen molar-refractivity contribution in [2.45, 2.75) is 6.42 Å². The first kappa shape index (κ1) is 28.9. The summed E-state index contributed by atoms with van der Waals surface area (Å²) < 4.78 is 11.7. The molecule has 3 aromatic rings. The van der Waals surface area contributed by atoms with Crippen molar-refractivity contribution in [3.8, 4) is 23.6 Å². The number of urea groups is 1. The Hall–Kier alpha value is -4.58. The van der Waals surface area contributed by atoms with E-state index in [1.807, 2.05) is 23.1 Å². The number of ether oxygens (including phenoxy) is 2. The van der Waals surface area contributed by atoms with Gasteiger partial charge in [0.05, 0.1) is 36.4 Å². The number of likely N-dealkylation sites (N-methyl/N-ethyl adjacent to an activating group) is 1. The maximum Gasteiger partial charge on any atom is 0.321 e. The molecule has 11 nitrogen and oxygen atoms in total. The maximum atomic E-state index is 12.8. The second-order valence-electron chi connectivity index (χ2n) is 10.6. The Kier molecular flexibility index (Phi) is 9.22. The molecule has 2 amide bonds. The van der Waals surface area contributed by atoms with E-state index in [1.165, 1.54) is 0 Å². The van der Waals surface area contributed by atoms with E-state index in [0.29, 0.717) is 66.9 Å². The van der Waals surface area contributed by atoms with E-state index in [0.717, 1.165) is 50.0 Å². The Labute approximate surface area is 246 Å². The quantitative estimate of drug-likeness (QED) is 0.408. The molecule has 0 unspecified atom stereocenters. The number of piperazine rings is 2. The lowest BCUT2D eigenvalue weighted by molar-refractivity contribution is 0.145. The molecule has 2 saturated heterocycles. The van der Waals surface area contributed by atoms with Crippen LogP contribution in [0.2, 0.25) is 0 Å². The van der Waals surface area contributed by atoms with E-state index in [2.05, 4.69) is 34.3 Å². The number of carbonyl (C=O) groups is 1. The lowest BCUT2D eigenvalue weighted by Gasteiger charge is -2.35. The molecule has 42 heavy (non-hydrogen) atoms. The zero-order chi connectivity index (χ0) is 29.5. The lowest BCUT2D eigenvalue weighted by atomic mass is 10.1. The first-order chi connectivity index (χ1) is 20.5. The smallest absolute Gasteiger partial charge is 0.321 e. The van der Waals surface area contributed by atoms with Crippen LogP contribution in [-0.4, -0.2) is 105 Å². The molecule has 1 aromatic heterocycles. The normalized spacial score (nSPS) is 16.1. The van der Waals surface area contributed by atoms with Gasteiger partial charge in [0.1, 0.15) is 11.9 Å². The van der Waals surface area contributed by atoms with Gasteiger partial charge in [0.2, 0.25) is 0 Å². The summed E-state index contributed by atoms with van der Waals surface area (Å²) in [6.07, 6.45) is 0.917. The van der Waals surface area contributed by atoms with Gasteiger partial charge < -0.3 is 34.4 Å². The molecule has 5 rings (SSSR count). The molecule has 0 bridgehead atoms. The number of benzene rings is 2. The van der Waals surface area contributed by atoms with Crippen molar-refractivity contribution >= 4 is 28.4 Å². The monoisotopic (exact) mass is 568 g/mol. The zero-order valence-corrected chi connectivity index (χ0v) is 24.2. The number of anilines is 2. The van der Waals surface area contributed by atoms with Gasteiger partial charge in [-0.1, -0.05) is 0 Å². The maximum absolute atomic E-state index is 12.8. The third kappa shape index (κ3) is 6.82. The second-order valence-corrected chi connectivity index (χ2v) is 10.6. The molecule has 3 heterocycles. The van der Waals surface area contributed by atoms with Gasteiger partial charge >= 0.3 is 6.03 Å². The molecule has 0 saturated carbocycles. The predicted octanol–water partition coefficient (Wildman–Crippen LogP) is 3.36. The molecule has 218 valence electrons. The highest BCUT2D eigenvalue weighted by Gasteiger charge is 2.24. The van der Waals surface area contributed by atoms with Crippen LogP contribution in [0.25, 0.3) is 10.9 Å². The fourth-order valence-electron chi connectivity index (χ4n) is 5.26. The number of hydrogen-bond acceptors (Lipinski definition) is 9. The number of nitriles is 2. The summed E-state index contributed by atoms with van der Waals surface area (Å²) in [7, 11) is 3.77. The van der Waals surface area contributed by atoms with E-state index >= 15 is 0 Å². The Bertz CT molecular complexity index is 1480. The largest absolute Gasteiger partial charge is 0.493 e. The van der Waals surface area contributed by atoms with Gasteiger partial charge in [-0.2, -0.15) is 10.5 Å². The minimum atomic E-state index is -0.201. The van der Waals surface area contributed by atoms with E-state index in [1.54, 1.807) is 36.3 Å². The lowest BCUT2D eigenvalue weighted by Crippen LogP contribution is -2.50. The van der Waals surface area contributed by atoms with Crippen molar-refractivity contribution < 1.29 is 14.3 Å². The molecule has 2 aliphatic rings.